The molecule has 2 aliphatic heterocycles. The Morgan fingerprint density at radius 1 is 1.40 bits per heavy atom. The highest BCUT2D eigenvalue weighted by Crippen LogP contribution is 2.29. The van der Waals surface area contributed by atoms with Crippen LogP contribution in [0.1, 0.15) is 6.42 Å². The van der Waals surface area contributed by atoms with Gasteiger partial charge >= 0.3 is 0 Å². The Kier molecular flexibility index (Phi) is 1.64. The molecular formula is C7H11O3. The van der Waals surface area contributed by atoms with E-state index in [4.69, 9.17) is 9.47 Å². The molecule has 2 rings (SSSR count). The van der Waals surface area contributed by atoms with Crippen molar-refractivity contribution in [2.45, 2.75) is 18.8 Å². The fourth-order valence-electron chi connectivity index (χ4n) is 1.47. The summed E-state index contributed by atoms with van der Waals surface area (Å²) in [4.78, 5) is 0. The molecule has 0 bridgehead atoms. The Morgan fingerprint density at radius 3 is 3.10 bits per heavy atom. The third-order valence-electron chi connectivity index (χ3n) is 2.03. The van der Waals surface area contributed by atoms with Crippen LogP contribution in [0.25, 0.3) is 0 Å². The molecule has 0 saturated carbocycles. The topological polar surface area (TPSA) is 38.7 Å². The van der Waals surface area contributed by atoms with Crippen LogP contribution >= 0.6 is 0 Å². The SMILES string of the molecule is O[C@H]1CO[C@@H]2OCC[CH][C@H]21. The van der Waals surface area contributed by atoms with Crippen molar-refractivity contribution >= 4 is 0 Å². The third kappa shape index (κ3) is 0.944. The first-order valence-electron chi connectivity index (χ1n) is 3.62. The van der Waals surface area contributed by atoms with Crippen LogP contribution in [0.2, 0.25) is 0 Å². The normalized spacial score (nSPS) is 47.1. The maximum atomic E-state index is 9.29. The van der Waals surface area contributed by atoms with Crippen molar-refractivity contribution in [2.75, 3.05) is 13.2 Å². The summed E-state index contributed by atoms with van der Waals surface area (Å²) in [7, 11) is 0. The van der Waals surface area contributed by atoms with Gasteiger partial charge in [-0.3, -0.25) is 0 Å². The van der Waals surface area contributed by atoms with Crippen LogP contribution in [0.3, 0.4) is 0 Å². The van der Waals surface area contributed by atoms with Gasteiger partial charge in [-0.1, -0.05) is 0 Å². The summed E-state index contributed by atoms with van der Waals surface area (Å²) in [6, 6.07) is 0. The fourth-order valence-corrected chi connectivity index (χ4v) is 1.47. The first-order valence-corrected chi connectivity index (χ1v) is 3.62. The smallest absolute Gasteiger partial charge is 0.163 e. The Morgan fingerprint density at radius 2 is 2.30 bits per heavy atom. The zero-order chi connectivity index (χ0) is 6.97. The minimum Gasteiger partial charge on any atom is -0.390 e. The van der Waals surface area contributed by atoms with Crippen LogP contribution in [-0.4, -0.2) is 30.7 Å². The Labute approximate surface area is 59.9 Å². The van der Waals surface area contributed by atoms with E-state index in [0.29, 0.717) is 6.61 Å². The van der Waals surface area contributed by atoms with Crippen molar-refractivity contribution in [3.8, 4) is 0 Å². The minimum absolute atomic E-state index is 0.119. The predicted molar refractivity (Wildman–Crippen MR) is 34.1 cm³/mol. The molecule has 0 spiro atoms. The molecule has 3 heteroatoms. The summed E-state index contributed by atoms with van der Waals surface area (Å²) in [6.07, 6.45) is 2.52. The number of hydrogen-bond acceptors (Lipinski definition) is 3. The number of ether oxygens (including phenoxy) is 2. The van der Waals surface area contributed by atoms with Gasteiger partial charge < -0.3 is 14.6 Å². The van der Waals surface area contributed by atoms with E-state index in [0.717, 1.165) is 13.0 Å². The zero-order valence-corrected chi connectivity index (χ0v) is 5.69. The second-order valence-electron chi connectivity index (χ2n) is 2.74. The maximum absolute atomic E-state index is 9.29. The number of hydrogen-bond donors (Lipinski definition) is 1. The molecular weight excluding hydrogens is 132 g/mol. The lowest BCUT2D eigenvalue weighted by atomic mass is 9.97. The first-order chi connectivity index (χ1) is 4.88. The van der Waals surface area contributed by atoms with Crippen LogP contribution in [0.4, 0.5) is 0 Å². The monoisotopic (exact) mass is 143 g/mol. The molecule has 0 aliphatic carbocycles. The van der Waals surface area contributed by atoms with Gasteiger partial charge in [-0.05, 0) is 12.8 Å². The van der Waals surface area contributed by atoms with Crippen LogP contribution < -0.4 is 0 Å². The van der Waals surface area contributed by atoms with E-state index in [-0.39, 0.29) is 18.3 Å². The molecule has 0 unspecified atom stereocenters. The highest BCUT2D eigenvalue weighted by atomic mass is 16.7. The molecule has 2 heterocycles. The quantitative estimate of drug-likeness (QED) is 0.516. The van der Waals surface area contributed by atoms with Gasteiger partial charge in [0.05, 0.1) is 19.3 Å². The second kappa shape index (κ2) is 2.49. The molecule has 0 aromatic carbocycles. The number of aliphatic hydroxyl groups excluding tert-OH is 1. The van der Waals surface area contributed by atoms with Crippen LogP contribution in [0.15, 0.2) is 0 Å². The van der Waals surface area contributed by atoms with Gasteiger partial charge in [0.15, 0.2) is 6.29 Å². The van der Waals surface area contributed by atoms with E-state index < -0.39 is 0 Å². The fraction of sp³-hybridized carbons (Fsp3) is 0.857. The largest absolute Gasteiger partial charge is 0.390 e. The van der Waals surface area contributed by atoms with Gasteiger partial charge in [0.25, 0.3) is 0 Å². The average molecular weight is 143 g/mol. The second-order valence-corrected chi connectivity index (χ2v) is 2.74. The van der Waals surface area contributed by atoms with E-state index in [2.05, 4.69) is 6.42 Å². The van der Waals surface area contributed by atoms with Crippen molar-refractivity contribution in [1.29, 1.82) is 0 Å². The minimum atomic E-state index is -0.342. The standard InChI is InChI=1S/C7H11O3/c8-6-4-10-7-5(6)2-1-3-9-7/h2,5-8H,1,3-4H2/t5-,6-,7-/m0/s1. The van der Waals surface area contributed by atoms with Crippen molar-refractivity contribution in [3.05, 3.63) is 6.42 Å². The van der Waals surface area contributed by atoms with Gasteiger partial charge in [-0.2, -0.15) is 0 Å². The lowest BCUT2D eigenvalue weighted by Gasteiger charge is -2.24. The number of rotatable bonds is 0. The van der Waals surface area contributed by atoms with Gasteiger partial charge in [0, 0.05) is 5.92 Å². The molecule has 1 radical (unpaired) electrons. The van der Waals surface area contributed by atoms with E-state index in [1.807, 2.05) is 0 Å². The molecule has 10 heavy (non-hydrogen) atoms. The van der Waals surface area contributed by atoms with Crippen molar-refractivity contribution in [1.82, 2.24) is 0 Å². The molecule has 0 aromatic heterocycles. The summed E-state index contributed by atoms with van der Waals surface area (Å²) in [5.41, 5.74) is 0. The summed E-state index contributed by atoms with van der Waals surface area (Å²) < 4.78 is 10.4. The predicted octanol–water partition coefficient (Wildman–Crippen LogP) is -0.0556. The van der Waals surface area contributed by atoms with Gasteiger partial charge in [0.2, 0.25) is 0 Å². The van der Waals surface area contributed by atoms with E-state index >= 15 is 0 Å². The van der Waals surface area contributed by atoms with E-state index in [1.54, 1.807) is 0 Å². The van der Waals surface area contributed by atoms with Crippen LogP contribution in [0.5, 0.6) is 0 Å². The van der Waals surface area contributed by atoms with Crippen molar-refractivity contribution in [3.63, 3.8) is 0 Å². The molecule has 2 fully saturated rings. The zero-order valence-electron chi connectivity index (χ0n) is 5.69. The Hall–Kier alpha value is -0.120. The summed E-state index contributed by atoms with van der Waals surface area (Å²) >= 11 is 0. The molecule has 0 aromatic rings. The van der Waals surface area contributed by atoms with Gasteiger partial charge in [0.1, 0.15) is 0 Å². The van der Waals surface area contributed by atoms with Gasteiger partial charge in [-0.25, -0.2) is 0 Å². The maximum Gasteiger partial charge on any atom is 0.163 e. The summed E-state index contributed by atoms with van der Waals surface area (Å²) in [5.74, 6) is 0.119. The van der Waals surface area contributed by atoms with E-state index in [1.165, 1.54) is 0 Å². The first kappa shape index (κ1) is 6.58. The van der Waals surface area contributed by atoms with E-state index in [9.17, 15) is 5.11 Å². The molecule has 2 saturated heterocycles. The number of fused-ring (bicyclic) bond motifs is 1. The van der Waals surface area contributed by atoms with Crippen LogP contribution in [0, 0.1) is 12.3 Å². The molecule has 57 valence electrons. The molecule has 1 N–H and O–H groups in total. The highest BCUT2D eigenvalue weighted by molar-refractivity contribution is 4.91. The molecule has 2 aliphatic rings. The third-order valence-corrected chi connectivity index (χ3v) is 2.03. The molecule has 3 atom stereocenters. The van der Waals surface area contributed by atoms with Crippen LogP contribution in [-0.2, 0) is 9.47 Å². The summed E-state index contributed by atoms with van der Waals surface area (Å²) in [6.45, 7) is 1.15. The Bertz CT molecular complexity index is 124. The summed E-state index contributed by atoms with van der Waals surface area (Å²) in [5, 5.41) is 9.29. The van der Waals surface area contributed by atoms with Crippen molar-refractivity contribution in [2.24, 2.45) is 5.92 Å². The molecule has 0 amide bonds. The average Bonchev–Trinajstić information content (AvgIpc) is 2.34. The molecule has 3 nitrogen and oxygen atoms in total. The van der Waals surface area contributed by atoms with Crippen molar-refractivity contribution < 1.29 is 14.6 Å². The Balaban J connectivity index is 2.01. The lowest BCUT2D eigenvalue weighted by molar-refractivity contribution is -0.139. The highest BCUT2D eigenvalue weighted by Gasteiger charge is 2.38. The lowest BCUT2D eigenvalue weighted by Crippen LogP contribution is -2.31. The van der Waals surface area contributed by atoms with Gasteiger partial charge in [-0.15, -0.1) is 0 Å². The number of aliphatic hydroxyl groups is 1.